The van der Waals surface area contributed by atoms with Gasteiger partial charge < -0.3 is 9.57 Å². The molecule has 0 aliphatic heterocycles. The minimum absolute atomic E-state index is 0.0214. The monoisotopic (exact) mass is 295 g/mol. The van der Waals surface area contributed by atoms with Crippen LogP contribution >= 0.6 is 0 Å². The van der Waals surface area contributed by atoms with E-state index < -0.39 is 22.2 Å². The number of nitrogens with zero attached hydrogens (tertiary/aromatic N) is 2. The topological polar surface area (TPSA) is 116 Å². The summed E-state index contributed by atoms with van der Waals surface area (Å²) >= 11 is 0. The number of benzene rings is 1. The molecule has 112 valence electrons. The van der Waals surface area contributed by atoms with Crippen LogP contribution in [-0.2, 0) is 9.53 Å². The van der Waals surface area contributed by atoms with Gasteiger partial charge in [0.1, 0.15) is 11.0 Å². The number of aromatic nitrogens is 2. The number of H-pyrrole nitrogens is 1. The first-order valence-electron chi connectivity index (χ1n) is 5.94. The van der Waals surface area contributed by atoms with Crippen molar-refractivity contribution < 1.29 is 19.3 Å². The van der Waals surface area contributed by atoms with Crippen LogP contribution in [0.5, 0.6) is 0 Å². The highest BCUT2D eigenvalue weighted by Crippen LogP contribution is 2.22. The molecule has 0 aliphatic carbocycles. The Morgan fingerprint density at radius 2 is 2.10 bits per heavy atom. The molecule has 9 nitrogen and oxygen atoms in total. The second kappa shape index (κ2) is 4.93. The number of nitro benzene ring substituents is 1. The van der Waals surface area contributed by atoms with Gasteiger partial charge in [-0.1, -0.05) is 6.07 Å². The maximum atomic E-state index is 11.9. The summed E-state index contributed by atoms with van der Waals surface area (Å²) in [6.07, 6.45) is 0. The van der Waals surface area contributed by atoms with Gasteiger partial charge in [0, 0.05) is 6.07 Å². The Hall–Kier alpha value is -2.84. The average Bonchev–Trinajstić information content (AvgIpc) is 2.73. The summed E-state index contributed by atoms with van der Waals surface area (Å²) in [6, 6.07) is 4.14. The molecule has 1 aromatic heterocycles. The van der Waals surface area contributed by atoms with E-state index >= 15 is 0 Å². The molecule has 9 heteroatoms. The quantitative estimate of drug-likeness (QED) is 0.502. The number of nitro groups is 1. The molecule has 0 spiro atoms. The van der Waals surface area contributed by atoms with Crippen molar-refractivity contribution >= 4 is 22.7 Å². The Labute approximate surface area is 118 Å². The van der Waals surface area contributed by atoms with Gasteiger partial charge in [0.2, 0.25) is 5.60 Å². The van der Waals surface area contributed by atoms with Gasteiger partial charge in [-0.15, -0.1) is 4.73 Å². The summed E-state index contributed by atoms with van der Waals surface area (Å²) in [7, 11) is 1.19. The zero-order valence-electron chi connectivity index (χ0n) is 11.6. The summed E-state index contributed by atoms with van der Waals surface area (Å²) in [5.74, 6) is -0.686. The van der Waals surface area contributed by atoms with Crippen molar-refractivity contribution in [1.29, 1.82) is 0 Å². The maximum absolute atomic E-state index is 11.9. The van der Waals surface area contributed by atoms with Crippen LogP contribution in [0.3, 0.4) is 0 Å². The third-order valence-electron chi connectivity index (χ3n) is 2.85. The predicted octanol–water partition coefficient (Wildman–Crippen LogP) is 0.618. The number of rotatable bonds is 4. The molecule has 0 aliphatic rings. The predicted molar refractivity (Wildman–Crippen MR) is 71.9 cm³/mol. The lowest BCUT2D eigenvalue weighted by molar-refractivity contribution is -0.383. The van der Waals surface area contributed by atoms with Crippen LogP contribution in [0.4, 0.5) is 5.69 Å². The van der Waals surface area contributed by atoms with Crippen molar-refractivity contribution in [3.63, 3.8) is 0 Å². The van der Waals surface area contributed by atoms with Gasteiger partial charge in [0.25, 0.3) is 5.69 Å². The SMILES string of the molecule is COC(=O)C(C)(C)On1c(=O)[nH]c2c([N+](=O)[O-])cccc21. The number of carbonyl (C=O) groups is 1. The van der Waals surface area contributed by atoms with E-state index in [0.717, 1.165) is 4.73 Å². The highest BCUT2D eigenvalue weighted by molar-refractivity contribution is 5.84. The minimum atomic E-state index is -1.43. The van der Waals surface area contributed by atoms with Crippen LogP contribution in [0.1, 0.15) is 13.8 Å². The van der Waals surface area contributed by atoms with E-state index in [-0.39, 0.29) is 16.7 Å². The normalized spacial score (nSPS) is 11.4. The Kier molecular flexibility index (Phi) is 3.42. The fraction of sp³-hybridized carbons (Fsp3) is 0.333. The summed E-state index contributed by atoms with van der Waals surface area (Å²) in [6.45, 7) is 2.84. The number of ether oxygens (including phenoxy) is 1. The first-order chi connectivity index (χ1) is 9.77. The molecular weight excluding hydrogens is 282 g/mol. The molecule has 0 amide bonds. The molecule has 1 N–H and O–H groups in total. The van der Waals surface area contributed by atoms with Crippen LogP contribution in [0.15, 0.2) is 23.0 Å². The summed E-state index contributed by atoms with van der Waals surface area (Å²) < 4.78 is 5.38. The number of carbonyl (C=O) groups excluding carboxylic acids is 1. The zero-order valence-corrected chi connectivity index (χ0v) is 11.6. The number of esters is 1. The van der Waals surface area contributed by atoms with Gasteiger partial charge in [-0.3, -0.25) is 15.1 Å². The van der Waals surface area contributed by atoms with Gasteiger partial charge in [-0.2, -0.15) is 0 Å². The van der Waals surface area contributed by atoms with Crippen LogP contribution in [-0.4, -0.2) is 33.3 Å². The first-order valence-corrected chi connectivity index (χ1v) is 5.94. The molecule has 0 atom stereocenters. The lowest BCUT2D eigenvalue weighted by Gasteiger charge is -2.22. The molecule has 21 heavy (non-hydrogen) atoms. The Morgan fingerprint density at radius 1 is 1.43 bits per heavy atom. The average molecular weight is 295 g/mol. The van der Waals surface area contributed by atoms with Crippen LogP contribution < -0.4 is 10.5 Å². The second-order valence-corrected chi connectivity index (χ2v) is 4.75. The smallest absolute Gasteiger partial charge is 0.359 e. The summed E-state index contributed by atoms with van der Waals surface area (Å²) in [5.41, 5.74) is -2.24. The van der Waals surface area contributed by atoms with Crippen molar-refractivity contribution in [2.24, 2.45) is 0 Å². The van der Waals surface area contributed by atoms with E-state index in [9.17, 15) is 19.7 Å². The largest absolute Gasteiger partial charge is 0.466 e. The lowest BCUT2D eigenvalue weighted by Crippen LogP contribution is -2.46. The minimum Gasteiger partial charge on any atom is -0.466 e. The molecule has 2 rings (SSSR count). The molecule has 0 radical (unpaired) electrons. The number of methoxy groups -OCH3 is 1. The first kappa shape index (κ1) is 14.6. The van der Waals surface area contributed by atoms with E-state index in [2.05, 4.69) is 9.72 Å². The van der Waals surface area contributed by atoms with E-state index in [4.69, 9.17) is 4.84 Å². The number of imidazole rings is 1. The van der Waals surface area contributed by atoms with Crippen molar-refractivity contribution in [3.8, 4) is 0 Å². The highest BCUT2D eigenvalue weighted by atomic mass is 16.7. The molecule has 0 unspecified atom stereocenters. The number of nitrogens with one attached hydrogen (secondary N) is 1. The van der Waals surface area contributed by atoms with E-state index in [0.29, 0.717) is 0 Å². The molecule has 1 aromatic carbocycles. The van der Waals surface area contributed by atoms with E-state index in [1.54, 1.807) is 0 Å². The molecule has 0 saturated heterocycles. The molecule has 0 bridgehead atoms. The van der Waals surface area contributed by atoms with Crippen molar-refractivity contribution in [2.45, 2.75) is 19.4 Å². The van der Waals surface area contributed by atoms with Crippen LogP contribution in [0.2, 0.25) is 0 Å². The fourth-order valence-corrected chi connectivity index (χ4v) is 1.85. The lowest BCUT2D eigenvalue weighted by atomic mass is 10.1. The molecule has 1 heterocycles. The zero-order chi connectivity index (χ0) is 15.8. The number of hydrogen-bond acceptors (Lipinski definition) is 6. The van der Waals surface area contributed by atoms with Crippen molar-refractivity contribution in [2.75, 3.05) is 7.11 Å². The standard InChI is InChI=1S/C12H13N3O6/c1-12(2,10(16)20-3)21-14-7-5-4-6-8(15(18)19)9(7)13-11(14)17/h4-6H,1-3H3,(H,13,17). The van der Waals surface area contributed by atoms with Gasteiger partial charge in [0.05, 0.1) is 12.0 Å². The maximum Gasteiger partial charge on any atom is 0.359 e. The summed E-state index contributed by atoms with van der Waals surface area (Å²) in [5, 5.41) is 10.9. The second-order valence-electron chi connectivity index (χ2n) is 4.75. The molecular formula is C12H13N3O6. The van der Waals surface area contributed by atoms with Crippen molar-refractivity contribution in [1.82, 2.24) is 9.71 Å². The Morgan fingerprint density at radius 3 is 2.67 bits per heavy atom. The molecule has 0 fully saturated rings. The number of aromatic amines is 1. The van der Waals surface area contributed by atoms with Crippen LogP contribution in [0, 0.1) is 10.1 Å². The molecule has 0 saturated carbocycles. The van der Waals surface area contributed by atoms with Gasteiger partial charge >= 0.3 is 11.7 Å². The number of non-ortho nitro benzene ring substituents is 1. The van der Waals surface area contributed by atoms with Crippen LogP contribution in [0.25, 0.3) is 11.0 Å². The Bertz CT molecular complexity index is 773. The Balaban J connectivity index is 2.59. The van der Waals surface area contributed by atoms with E-state index in [1.807, 2.05) is 0 Å². The van der Waals surface area contributed by atoms with Crippen molar-refractivity contribution in [3.05, 3.63) is 38.8 Å². The van der Waals surface area contributed by atoms with Gasteiger partial charge in [0.15, 0.2) is 0 Å². The van der Waals surface area contributed by atoms with Gasteiger partial charge in [-0.05, 0) is 19.9 Å². The number of para-hydroxylation sites is 1. The fourth-order valence-electron chi connectivity index (χ4n) is 1.85. The number of hydrogen-bond donors (Lipinski definition) is 1. The van der Waals surface area contributed by atoms with E-state index in [1.165, 1.54) is 39.2 Å². The highest BCUT2D eigenvalue weighted by Gasteiger charge is 2.33. The third kappa shape index (κ3) is 2.45. The third-order valence-corrected chi connectivity index (χ3v) is 2.85. The van der Waals surface area contributed by atoms with Gasteiger partial charge in [-0.25, -0.2) is 9.59 Å². The number of fused-ring (bicyclic) bond motifs is 1. The molecule has 2 aromatic rings. The summed E-state index contributed by atoms with van der Waals surface area (Å²) in [4.78, 5) is 41.5.